The van der Waals surface area contributed by atoms with E-state index < -0.39 is 23.0 Å². The van der Waals surface area contributed by atoms with Crippen molar-refractivity contribution in [2.45, 2.75) is 38.4 Å². The Morgan fingerprint density at radius 2 is 1.86 bits per heavy atom. The summed E-state index contributed by atoms with van der Waals surface area (Å²) in [6.07, 6.45) is -4.80. The highest BCUT2D eigenvalue weighted by molar-refractivity contribution is 6.32. The Morgan fingerprint density at radius 3 is 2.33 bits per heavy atom. The summed E-state index contributed by atoms with van der Waals surface area (Å²) in [5.74, 6) is -0.644. The van der Waals surface area contributed by atoms with E-state index in [1.54, 1.807) is 13.8 Å². The van der Waals surface area contributed by atoms with E-state index >= 15 is 0 Å². The first-order valence-corrected chi connectivity index (χ1v) is 6.81. The molecule has 7 heteroatoms. The number of anilines is 1. The maximum atomic E-state index is 13.1. The van der Waals surface area contributed by atoms with Crippen LogP contribution in [0.3, 0.4) is 0 Å². The zero-order valence-electron chi connectivity index (χ0n) is 11.9. The topological polar surface area (TPSA) is 29.5 Å². The fourth-order valence-corrected chi connectivity index (χ4v) is 1.76. The first-order chi connectivity index (χ1) is 9.64. The molecule has 0 aliphatic carbocycles. The molecule has 0 spiro atoms. The number of para-hydroxylation sites is 1. The maximum Gasteiger partial charge on any atom is 0.418 e. The quantitative estimate of drug-likeness (QED) is 0.604. The van der Waals surface area contributed by atoms with E-state index in [9.17, 15) is 18.0 Å². The van der Waals surface area contributed by atoms with Crippen molar-refractivity contribution in [3.8, 4) is 0 Å². The van der Waals surface area contributed by atoms with Crippen molar-refractivity contribution in [2.75, 3.05) is 11.6 Å². The second-order valence-corrected chi connectivity index (χ2v) is 5.40. The molecule has 0 saturated heterocycles. The Bertz CT molecular complexity index is 489. The molecule has 0 aliphatic rings. The maximum absolute atomic E-state index is 13.1. The molecule has 0 fully saturated rings. The second kappa shape index (κ2) is 7.13. The highest BCUT2D eigenvalue weighted by Crippen LogP contribution is 2.36. The molecule has 1 rings (SSSR count). The molecule has 0 radical (unpaired) electrons. The fourth-order valence-electron chi connectivity index (χ4n) is 1.64. The number of alkyl halides is 4. The zero-order valence-corrected chi connectivity index (χ0v) is 12.7. The lowest BCUT2D eigenvalue weighted by atomic mass is 10.1. The van der Waals surface area contributed by atoms with Crippen molar-refractivity contribution in [1.29, 1.82) is 0 Å². The van der Waals surface area contributed by atoms with Gasteiger partial charge in [0.1, 0.15) is 12.1 Å². The van der Waals surface area contributed by atoms with Crippen molar-refractivity contribution >= 4 is 23.2 Å². The molecule has 0 aliphatic heterocycles. The molecule has 1 amide bonds. The van der Waals surface area contributed by atoms with E-state index in [0.29, 0.717) is 0 Å². The lowest BCUT2D eigenvalue weighted by Gasteiger charge is -2.27. The summed E-state index contributed by atoms with van der Waals surface area (Å²) in [7, 11) is 0. The molecule has 0 aromatic heterocycles. The van der Waals surface area contributed by atoms with Crippen LogP contribution in [-0.4, -0.2) is 24.1 Å². The van der Waals surface area contributed by atoms with Gasteiger partial charge in [-0.3, -0.25) is 9.69 Å². The first kappa shape index (κ1) is 17.8. The van der Waals surface area contributed by atoms with Crippen LogP contribution in [0, 0.1) is 0 Å². The SMILES string of the molecule is CC(C)OCN(C(=O)C(C)Cl)c1ccccc1C(F)(F)F. The molecule has 118 valence electrons. The Kier molecular flexibility index (Phi) is 6.04. The van der Waals surface area contributed by atoms with Crippen molar-refractivity contribution in [1.82, 2.24) is 0 Å². The van der Waals surface area contributed by atoms with Crippen LogP contribution in [0.25, 0.3) is 0 Å². The number of nitrogens with zero attached hydrogens (tertiary/aromatic N) is 1. The fraction of sp³-hybridized carbons (Fsp3) is 0.500. The Balaban J connectivity index is 3.23. The third-order valence-electron chi connectivity index (χ3n) is 2.64. The molecule has 1 unspecified atom stereocenters. The van der Waals surface area contributed by atoms with Gasteiger partial charge in [-0.05, 0) is 32.9 Å². The van der Waals surface area contributed by atoms with Crippen molar-refractivity contribution < 1.29 is 22.7 Å². The van der Waals surface area contributed by atoms with E-state index in [0.717, 1.165) is 11.0 Å². The minimum atomic E-state index is -4.57. The minimum absolute atomic E-state index is 0.232. The van der Waals surface area contributed by atoms with Gasteiger partial charge in [0.05, 0.1) is 17.4 Å². The average molecular weight is 324 g/mol. The highest BCUT2D eigenvalue weighted by Gasteiger charge is 2.36. The molecule has 1 aromatic rings. The summed E-state index contributed by atoms with van der Waals surface area (Å²) in [6, 6.07) is 4.84. The summed E-state index contributed by atoms with van der Waals surface area (Å²) in [4.78, 5) is 13.0. The van der Waals surface area contributed by atoms with Gasteiger partial charge in [-0.25, -0.2) is 0 Å². The first-order valence-electron chi connectivity index (χ1n) is 6.38. The lowest BCUT2D eigenvalue weighted by Crippen LogP contribution is -2.39. The number of benzene rings is 1. The van der Waals surface area contributed by atoms with Crippen molar-refractivity contribution in [3.63, 3.8) is 0 Å². The van der Waals surface area contributed by atoms with Crippen LogP contribution in [0.5, 0.6) is 0 Å². The number of carbonyl (C=O) groups is 1. The zero-order chi connectivity index (χ0) is 16.2. The molecule has 0 heterocycles. The van der Waals surface area contributed by atoms with E-state index in [-0.39, 0.29) is 18.5 Å². The molecular weight excluding hydrogens is 307 g/mol. The monoisotopic (exact) mass is 323 g/mol. The average Bonchev–Trinajstić information content (AvgIpc) is 2.37. The second-order valence-electron chi connectivity index (χ2n) is 4.74. The highest BCUT2D eigenvalue weighted by atomic mass is 35.5. The number of hydrogen-bond donors (Lipinski definition) is 0. The molecule has 3 nitrogen and oxygen atoms in total. The lowest BCUT2D eigenvalue weighted by molar-refractivity contribution is -0.137. The van der Waals surface area contributed by atoms with Gasteiger partial charge in [0.2, 0.25) is 5.91 Å². The number of ether oxygens (including phenoxy) is 1. The van der Waals surface area contributed by atoms with Crippen molar-refractivity contribution in [3.05, 3.63) is 29.8 Å². The van der Waals surface area contributed by atoms with Gasteiger partial charge in [0, 0.05) is 0 Å². The molecule has 0 saturated carbocycles. The van der Waals surface area contributed by atoms with Crippen molar-refractivity contribution in [2.24, 2.45) is 0 Å². The molecular formula is C14H17ClF3NO2. The number of rotatable bonds is 5. The normalized spacial score (nSPS) is 13.3. The molecule has 21 heavy (non-hydrogen) atoms. The number of halogens is 4. The van der Waals surface area contributed by atoms with Crippen LogP contribution in [-0.2, 0) is 15.7 Å². The number of amides is 1. The van der Waals surface area contributed by atoms with Gasteiger partial charge < -0.3 is 4.74 Å². The summed E-state index contributed by atoms with van der Waals surface area (Å²) < 4.78 is 44.5. The summed E-state index contributed by atoms with van der Waals surface area (Å²) in [6.45, 7) is 4.56. The Morgan fingerprint density at radius 1 is 1.29 bits per heavy atom. The van der Waals surface area contributed by atoms with Gasteiger partial charge in [0.25, 0.3) is 0 Å². The van der Waals surface area contributed by atoms with Crippen LogP contribution in [0.2, 0.25) is 0 Å². The van der Waals surface area contributed by atoms with Gasteiger partial charge in [-0.2, -0.15) is 13.2 Å². The van der Waals surface area contributed by atoms with E-state index in [1.165, 1.54) is 25.1 Å². The third kappa shape index (κ3) is 4.89. The van der Waals surface area contributed by atoms with Gasteiger partial charge in [-0.15, -0.1) is 11.6 Å². The van der Waals surface area contributed by atoms with Gasteiger partial charge >= 0.3 is 6.18 Å². The number of hydrogen-bond acceptors (Lipinski definition) is 2. The van der Waals surface area contributed by atoms with Crippen LogP contribution in [0.4, 0.5) is 18.9 Å². The number of carbonyl (C=O) groups excluding carboxylic acids is 1. The predicted octanol–water partition coefficient (Wildman–Crippen LogP) is 4.05. The van der Waals surface area contributed by atoms with Crippen LogP contribution < -0.4 is 4.90 Å². The van der Waals surface area contributed by atoms with E-state index in [2.05, 4.69) is 0 Å². The van der Waals surface area contributed by atoms with E-state index in [4.69, 9.17) is 16.3 Å². The minimum Gasteiger partial charge on any atom is -0.358 e. The Labute approximate surface area is 126 Å². The van der Waals surface area contributed by atoms with E-state index in [1.807, 2.05) is 0 Å². The standard InChI is InChI=1S/C14H17ClF3NO2/c1-9(2)21-8-19(13(20)10(3)15)12-7-5-4-6-11(12)14(16,17)18/h4-7,9-10H,8H2,1-3H3. The van der Waals surface area contributed by atoms with Crippen LogP contribution in [0.1, 0.15) is 26.3 Å². The summed E-state index contributed by atoms with van der Waals surface area (Å²) >= 11 is 5.73. The summed E-state index contributed by atoms with van der Waals surface area (Å²) in [5, 5.41) is -0.956. The van der Waals surface area contributed by atoms with Crippen LogP contribution >= 0.6 is 11.6 Å². The smallest absolute Gasteiger partial charge is 0.358 e. The van der Waals surface area contributed by atoms with Gasteiger partial charge in [-0.1, -0.05) is 12.1 Å². The summed E-state index contributed by atoms with van der Waals surface area (Å²) in [5.41, 5.74) is -1.16. The molecule has 0 N–H and O–H groups in total. The molecule has 0 bridgehead atoms. The van der Waals surface area contributed by atoms with Gasteiger partial charge in [0.15, 0.2) is 0 Å². The molecule has 1 aromatic carbocycles. The largest absolute Gasteiger partial charge is 0.418 e. The third-order valence-corrected chi connectivity index (χ3v) is 2.83. The molecule has 1 atom stereocenters. The Hall–Kier alpha value is -1.27. The predicted molar refractivity (Wildman–Crippen MR) is 75.3 cm³/mol. The van der Waals surface area contributed by atoms with Crippen LogP contribution in [0.15, 0.2) is 24.3 Å².